The maximum atomic E-state index is 15.2. The number of alkyl halides is 2. The van der Waals surface area contributed by atoms with Gasteiger partial charge in [-0.3, -0.25) is 23.9 Å². The summed E-state index contributed by atoms with van der Waals surface area (Å²) < 4.78 is 39.7. The first kappa shape index (κ1) is 50.4. The topological polar surface area (TPSA) is 184 Å². The Labute approximate surface area is 427 Å². The van der Waals surface area contributed by atoms with Crippen LogP contribution in [0.3, 0.4) is 0 Å². The minimum Gasteiger partial charge on any atom is -0.391 e. The van der Waals surface area contributed by atoms with E-state index in [0.717, 1.165) is 57.8 Å². The van der Waals surface area contributed by atoms with Crippen molar-refractivity contribution >= 4 is 46.5 Å². The first-order valence-corrected chi connectivity index (χ1v) is 26.7. The Hall–Kier alpha value is -6.12. The van der Waals surface area contributed by atoms with Crippen molar-refractivity contribution in [2.75, 3.05) is 50.8 Å². The highest BCUT2D eigenvalue weighted by Gasteiger charge is 2.44. The number of aliphatic hydroxyl groups excluding tert-OH is 1. The van der Waals surface area contributed by atoms with Gasteiger partial charge in [-0.25, -0.2) is 18.4 Å². The Morgan fingerprint density at radius 3 is 2.38 bits per heavy atom. The third-order valence-electron chi connectivity index (χ3n) is 15.7. The number of piperidine rings is 1. The molecular weight excluding hydrogens is 957 g/mol. The van der Waals surface area contributed by atoms with Crippen molar-refractivity contribution in [2.24, 2.45) is 5.92 Å². The number of amides is 4. The molecule has 10 rings (SSSR count). The second-order valence-electron chi connectivity index (χ2n) is 20.7. The Balaban J connectivity index is 0.810. The highest BCUT2D eigenvalue weighted by Crippen LogP contribution is 2.43. The number of anilines is 2. The number of hydrogen-bond donors (Lipinski definition) is 2. The number of carbonyl (C=O) groups excluding carboxylic acids is 4. The van der Waals surface area contributed by atoms with Crippen LogP contribution in [0.25, 0.3) is 10.4 Å². The molecule has 0 unspecified atom stereocenters. The molecule has 73 heavy (non-hydrogen) atoms. The van der Waals surface area contributed by atoms with Crippen LogP contribution in [0.5, 0.6) is 0 Å². The monoisotopic (exact) mass is 1020 g/mol. The lowest BCUT2D eigenvalue weighted by Gasteiger charge is -2.34. The molecule has 3 saturated heterocycles. The van der Waals surface area contributed by atoms with Crippen LogP contribution in [-0.2, 0) is 38.5 Å². The van der Waals surface area contributed by atoms with Crippen molar-refractivity contribution < 1.29 is 37.8 Å². The van der Waals surface area contributed by atoms with E-state index in [1.165, 1.54) is 11.0 Å². The van der Waals surface area contributed by atoms with Crippen LogP contribution in [0.4, 0.5) is 20.3 Å². The number of β-amino-alcohol motifs (C(OH)–C–C–N with tert-alkyl or cyclic N) is 1. The quantitative estimate of drug-likeness (QED) is 0.128. The van der Waals surface area contributed by atoms with E-state index in [0.29, 0.717) is 88.8 Å². The molecule has 2 N–H and O–H groups in total. The number of thiazole rings is 1. The molecule has 0 saturated carbocycles. The molecule has 2 aromatic carbocycles. The molecule has 3 fully saturated rings. The molecular formula is C53H65F2N11O6S. The van der Waals surface area contributed by atoms with Crippen LogP contribution in [0.2, 0.25) is 0 Å². The van der Waals surface area contributed by atoms with Crippen molar-refractivity contribution in [2.45, 2.75) is 135 Å². The zero-order valence-corrected chi connectivity index (χ0v) is 43.0. The summed E-state index contributed by atoms with van der Waals surface area (Å²) in [5.74, 6) is -0.822. The van der Waals surface area contributed by atoms with Crippen LogP contribution < -0.4 is 10.2 Å². The summed E-state index contributed by atoms with van der Waals surface area (Å²) in [5.41, 5.74) is 8.51. The van der Waals surface area contributed by atoms with Gasteiger partial charge in [0.2, 0.25) is 17.7 Å². The number of aryl methyl sites for hydroxylation is 2. The minimum atomic E-state index is -2.90. The van der Waals surface area contributed by atoms with E-state index >= 15 is 8.78 Å². The molecule has 3 aromatic heterocycles. The van der Waals surface area contributed by atoms with E-state index in [1.54, 1.807) is 40.1 Å². The predicted octanol–water partition coefficient (Wildman–Crippen LogP) is 7.24. The lowest BCUT2D eigenvalue weighted by atomic mass is 9.91. The third-order valence-corrected chi connectivity index (χ3v) is 16.7. The molecule has 0 spiro atoms. The fourth-order valence-electron chi connectivity index (χ4n) is 11.6. The number of rotatable bonds is 12. The Morgan fingerprint density at radius 1 is 0.945 bits per heavy atom. The summed E-state index contributed by atoms with van der Waals surface area (Å²) in [6, 6.07) is 9.21. The number of aliphatic hydroxyl groups is 1. The third kappa shape index (κ3) is 10.0. The molecule has 0 aliphatic carbocycles. The van der Waals surface area contributed by atoms with E-state index in [9.17, 15) is 24.3 Å². The Kier molecular flexibility index (Phi) is 14.5. The maximum Gasteiger partial charge on any atom is 0.264 e. The molecule has 5 aromatic rings. The molecule has 4 atom stereocenters. The Morgan fingerprint density at radius 2 is 1.70 bits per heavy atom. The maximum absolute atomic E-state index is 15.2. The molecule has 388 valence electrons. The number of fused-ring (bicyclic) bond motifs is 2. The van der Waals surface area contributed by atoms with Crippen LogP contribution >= 0.6 is 11.3 Å². The number of benzene rings is 2. The highest BCUT2D eigenvalue weighted by molar-refractivity contribution is 7.13. The van der Waals surface area contributed by atoms with E-state index in [4.69, 9.17) is 9.84 Å². The van der Waals surface area contributed by atoms with E-state index < -0.39 is 30.5 Å². The minimum absolute atomic E-state index is 0.000728. The number of hydrogen-bond acceptors (Lipinski definition) is 12. The smallest absolute Gasteiger partial charge is 0.264 e. The van der Waals surface area contributed by atoms with Crippen molar-refractivity contribution in [3.05, 3.63) is 93.0 Å². The van der Waals surface area contributed by atoms with Crippen LogP contribution in [-0.4, -0.2) is 131 Å². The van der Waals surface area contributed by atoms with Gasteiger partial charge in [0.05, 0.1) is 46.5 Å². The number of aromatic nitrogens is 6. The average molecular weight is 1020 g/mol. The largest absolute Gasteiger partial charge is 0.391 e. The lowest BCUT2D eigenvalue weighted by molar-refractivity contribution is -0.142. The summed E-state index contributed by atoms with van der Waals surface area (Å²) in [4.78, 5) is 67.6. The van der Waals surface area contributed by atoms with Crippen LogP contribution in [0, 0.1) is 12.8 Å². The first-order chi connectivity index (χ1) is 35.1. The summed E-state index contributed by atoms with van der Waals surface area (Å²) >= 11 is 1.57. The normalized spacial score (nSPS) is 20.6. The first-order valence-electron chi connectivity index (χ1n) is 25.8. The molecule has 17 nitrogen and oxygen atoms in total. The van der Waals surface area contributed by atoms with Gasteiger partial charge in [0.25, 0.3) is 12.3 Å². The summed E-state index contributed by atoms with van der Waals surface area (Å²) in [6.45, 7) is 12.7. The van der Waals surface area contributed by atoms with E-state index in [2.05, 4.69) is 25.3 Å². The molecule has 5 aliphatic rings. The number of nitrogens with one attached hydrogen (secondary N) is 1. The van der Waals surface area contributed by atoms with Crippen molar-refractivity contribution in [3.8, 4) is 10.4 Å². The molecule has 0 radical (unpaired) electrons. The predicted molar refractivity (Wildman–Crippen MR) is 270 cm³/mol. The fourth-order valence-corrected chi connectivity index (χ4v) is 12.4. The zero-order chi connectivity index (χ0) is 51.2. The molecule has 4 amide bonds. The average Bonchev–Trinajstić information content (AvgIpc) is 4.22. The van der Waals surface area contributed by atoms with Crippen molar-refractivity contribution in [1.82, 2.24) is 49.8 Å². The summed E-state index contributed by atoms with van der Waals surface area (Å²) in [6.07, 6.45) is 2.76. The van der Waals surface area contributed by atoms with Gasteiger partial charge in [0.15, 0.2) is 5.82 Å². The number of carbonyl (C=O) groups is 4. The number of likely N-dealkylation sites (tertiary alicyclic amines) is 2. The highest BCUT2D eigenvalue weighted by atomic mass is 32.1. The summed E-state index contributed by atoms with van der Waals surface area (Å²) in [7, 11) is 0. The second kappa shape index (κ2) is 21.0. The number of halogens is 2. The van der Waals surface area contributed by atoms with Gasteiger partial charge < -0.3 is 34.8 Å². The van der Waals surface area contributed by atoms with Crippen LogP contribution in [0.1, 0.15) is 146 Å². The Bertz CT molecular complexity index is 2850. The standard InChI is InChI=1S/C53H65F2N11O6S/c1-30(2)47(53(71)64-26-39(68)24-46(64)51(69)57-31(3)34-8-10-36(11-9-34)48-32(4)56-29-73-48)65-28-43(58-60-65)35-12-18-61(19-13-35)52(70)41-23-37-7-6-17-63(45(37)25-40(41)49(54)55)50-42-27-62(33(5)67)20-14-44(42)66(59-50)38-15-21-72-22-16-38/h8-11,23,25,28-31,35,38-39,46-47,49,68H,6-7,12-22,24,26-27H2,1-5H3,(H,57,69)/t31-,39+,46-,47-/m0/s1. The van der Waals surface area contributed by atoms with Gasteiger partial charge in [-0.2, -0.15) is 5.10 Å². The fraction of sp³-hybridized carbons (Fsp3) is 0.547. The molecule has 0 bridgehead atoms. The van der Waals surface area contributed by atoms with Crippen LogP contribution in [0.15, 0.2) is 48.1 Å². The summed E-state index contributed by atoms with van der Waals surface area (Å²) in [5, 5.41) is 28.0. The van der Waals surface area contributed by atoms with E-state index in [-0.39, 0.29) is 65.7 Å². The van der Waals surface area contributed by atoms with Gasteiger partial charge in [-0.1, -0.05) is 43.3 Å². The molecule has 20 heteroatoms. The zero-order valence-electron chi connectivity index (χ0n) is 42.2. The van der Waals surface area contributed by atoms with Gasteiger partial charge in [-0.15, -0.1) is 16.4 Å². The van der Waals surface area contributed by atoms with Crippen molar-refractivity contribution in [1.29, 1.82) is 0 Å². The number of nitrogens with zero attached hydrogens (tertiary/aromatic N) is 10. The van der Waals surface area contributed by atoms with Gasteiger partial charge in [-0.05, 0) is 87.1 Å². The van der Waals surface area contributed by atoms with Gasteiger partial charge in [0.1, 0.15) is 12.1 Å². The van der Waals surface area contributed by atoms with Gasteiger partial charge >= 0.3 is 0 Å². The molecule has 8 heterocycles. The SMILES string of the molecule is CC(=O)N1CCc2c(c(N3CCCc4cc(C(=O)N5CCC(c6cn([C@H](C(=O)N7C[C@H](O)C[C@H]7C(=O)N[C@@H](C)c7ccc(-c8scnc8C)cc7)C(C)C)nn6)CC5)c(C(F)F)cc43)nn2C2CCOCC2)C1. The van der Waals surface area contributed by atoms with E-state index in [1.807, 2.05) is 67.3 Å². The second-order valence-corrected chi connectivity index (χ2v) is 21.6. The lowest BCUT2D eigenvalue weighted by Crippen LogP contribution is -2.49. The van der Waals surface area contributed by atoms with Gasteiger partial charge in [0, 0.05) is 106 Å². The molecule has 5 aliphatic heterocycles. The number of ether oxygens (including phenoxy) is 1. The van der Waals surface area contributed by atoms with Crippen molar-refractivity contribution in [3.63, 3.8) is 0 Å².